The Bertz CT molecular complexity index is 696. The number of carbonyl (C=O) groups excluding carboxylic acids is 1. The molecule has 1 fully saturated rings. The van der Waals surface area contributed by atoms with E-state index < -0.39 is 6.10 Å². The third kappa shape index (κ3) is 3.61. The van der Waals surface area contributed by atoms with Crippen molar-refractivity contribution < 1.29 is 9.53 Å². The minimum absolute atomic E-state index is 0.0511. The van der Waals surface area contributed by atoms with Gasteiger partial charge in [-0.25, -0.2) is 4.68 Å². The largest absolute Gasteiger partial charge is 0.463 e. The van der Waals surface area contributed by atoms with Crippen LogP contribution in [0.15, 0.2) is 36.5 Å². The molecule has 5 heteroatoms. The lowest BCUT2D eigenvalue weighted by atomic mass is 10.00. The third-order valence-corrected chi connectivity index (χ3v) is 4.48. The lowest BCUT2D eigenvalue weighted by Crippen LogP contribution is -2.45. The maximum absolute atomic E-state index is 12.6. The monoisotopic (exact) mass is 327 g/mol. The van der Waals surface area contributed by atoms with Gasteiger partial charge >= 0.3 is 0 Å². The molecule has 1 aliphatic rings. The van der Waals surface area contributed by atoms with E-state index in [1.165, 1.54) is 6.42 Å². The van der Waals surface area contributed by atoms with Gasteiger partial charge < -0.3 is 9.64 Å². The minimum atomic E-state index is -0.520. The van der Waals surface area contributed by atoms with E-state index >= 15 is 0 Å². The Morgan fingerprint density at radius 1 is 1.33 bits per heavy atom. The van der Waals surface area contributed by atoms with Crippen molar-refractivity contribution in [1.29, 1.82) is 0 Å². The summed E-state index contributed by atoms with van der Waals surface area (Å²) < 4.78 is 7.66. The van der Waals surface area contributed by atoms with E-state index in [0.717, 1.165) is 30.8 Å². The fourth-order valence-electron chi connectivity index (χ4n) is 3.14. The number of aryl methyl sites for hydroxylation is 1. The van der Waals surface area contributed by atoms with Crippen LogP contribution in [0.3, 0.4) is 0 Å². The van der Waals surface area contributed by atoms with Crippen LogP contribution in [0.2, 0.25) is 0 Å². The molecule has 0 bridgehead atoms. The summed E-state index contributed by atoms with van der Waals surface area (Å²) in [5, 5.41) is 4.49. The summed E-state index contributed by atoms with van der Waals surface area (Å²) in [5.74, 6) is 1.13. The van der Waals surface area contributed by atoms with E-state index in [1.54, 1.807) is 4.68 Å². The highest BCUT2D eigenvalue weighted by molar-refractivity contribution is 5.81. The number of hydrogen-bond acceptors (Lipinski definition) is 3. The quantitative estimate of drug-likeness (QED) is 0.866. The molecule has 5 nitrogen and oxygen atoms in total. The van der Waals surface area contributed by atoms with Crippen LogP contribution in [0.1, 0.15) is 32.3 Å². The van der Waals surface area contributed by atoms with Crippen molar-refractivity contribution in [3.63, 3.8) is 0 Å². The predicted octanol–water partition coefficient (Wildman–Crippen LogP) is 3.21. The smallest absolute Gasteiger partial charge is 0.263 e. The first-order chi connectivity index (χ1) is 11.5. The van der Waals surface area contributed by atoms with Gasteiger partial charge in [0.05, 0.1) is 5.69 Å². The highest BCUT2D eigenvalue weighted by Crippen LogP contribution is 2.21. The van der Waals surface area contributed by atoms with E-state index in [0.29, 0.717) is 11.8 Å². The molecule has 0 aliphatic carbocycles. The molecule has 24 heavy (non-hydrogen) atoms. The maximum atomic E-state index is 12.6. The fourth-order valence-corrected chi connectivity index (χ4v) is 3.14. The highest BCUT2D eigenvalue weighted by Gasteiger charge is 2.27. The van der Waals surface area contributed by atoms with E-state index in [9.17, 15) is 4.79 Å². The second-order valence-electron chi connectivity index (χ2n) is 6.69. The highest BCUT2D eigenvalue weighted by atomic mass is 16.5. The number of benzene rings is 1. The molecule has 1 aromatic heterocycles. The summed E-state index contributed by atoms with van der Waals surface area (Å²) in [5.41, 5.74) is 1.89. The van der Waals surface area contributed by atoms with Gasteiger partial charge in [0.25, 0.3) is 5.91 Å². The maximum Gasteiger partial charge on any atom is 0.263 e. The Balaban J connectivity index is 1.69. The molecular formula is C19H25N3O2. The molecule has 1 aliphatic heterocycles. The fraction of sp³-hybridized carbons (Fsp3) is 0.474. The summed E-state index contributed by atoms with van der Waals surface area (Å²) in [6, 6.07) is 9.88. The molecule has 128 valence electrons. The number of nitrogens with zero attached hydrogens (tertiary/aromatic N) is 3. The number of carbonyl (C=O) groups is 1. The van der Waals surface area contributed by atoms with Crippen molar-refractivity contribution in [2.45, 2.75) is 39.7 Å². The van der Waals surface area contributed by atoms with Crippen molar-refractivity contribution in [3.05, 3.63) is 42.1 Å². The summed E-state index contributed by atoms with van der Waals surface area (Å²) in [4.78, 5) is 14.5. The second kappa shape index (κ2) is 7.07. The zero-order valence-electron chi connectivity index (χ0n) is 14.6. The zero-order valence-corrected chi connectivity index (χ0v) is 14.6. The SMILES string of the molecule is Cc1cn(-c2ccccc2)nc1O[C@@H](C)C(=O)N1CCC[C@@H](C)C1. The average Bonchev–Trinajstić information content (AvgIpc) is 2.95. The number of rotatable bonds is 4. The first kappa shape index (κ1) is 16.6. The first-order valence-electron chi connectivity index (χ1n) is 8.61. The molecule has 1 aromatic carbocycles. The summed E-state index contributed by atoms with van der Waals surface area (Å²) >= 11 is 0. The molecule has 0 radical (unpaired) electrons. The van der Waals surface area contributed by atoms with Gasteiger partial charge in [0.1, 0.15) is 0 Å². The van der Waals surface area contributed by atoms with Crippen LogP contribution >= 0.6 is 0 Å². The second-order valence-corrected chi connectivity index (χ2v) is 6.69. The number of likely N-dealkylation sites (tertiary alicyclic amines) is 1. The van der Waals surface area contributed by atoms with Gasteiger partial charge in [0.2, 0.25) is 5.88 Å². The van der Waals surface area contributed by atoms with Crippen LogP contribution in [-0.4, -0.2) is 39.8 Å². The molecule has 3 rings (SSSR count). The van der Waals surface area contributed by atoms with Crippen LogP contribution in [0, 0.1) is 12.8 Å². The van der Waals surface area contributed by atoms with E-state index in [4.69, 9.17) is 4.74 Å². The van der Waals surface area contributed by atoms with Crippen molar-refractivity contribution in [1.82, 2.24) is 14.7 Å². The number of aromatic nitrogens is 2. The molecule has 2 heterocycles. The number of para-hydroxylation sites is 1. The van der Waals surface area contributed by atoms with E-state index in [-0.39, 0.29) is 5.91 Å². The lowest BCUT2D eigenvalue weighted by molar-refractivity contribution is -0.139. The van der Waals surface area contributed by atoms with Crippen LogP contribution in [0.4, 0.5) is 0 Å². The number of piperidine rings is 1. The van der Waals surface area contributed by atoms with Crippen LogP contribution in [-0.2, 0) is 4.79 Å². The molecule has 0 unspecified atom stereocenters. The lowest BCUT2D eigenvalue weighted by Gasteiger charge is -2.32. The number of amides is 1. The van der Waals surface area contributed by atoms with Gasteiger partial charge in [-0.05, 0) is 44.7 Å². The first-order valence-corrected chi connectivity index (χ1v) is 8.61. The van der Waals surface area contributed by atoms with Crippen LogP contribution in [0.5, 0.6) is 5.88 Å². The van der Waals surface area contributed by atoms with Gasteiger partial charge in [-0.2, -0.15) is 0 Å². The minimum Gasteiger partial charge on any atom is -0.463 e. The molecular weight excluding hydrogens is 302 g/mol. The Labute approximate surface area is 143 Å². The third-order valence-electron chi connectivity index (χ3n) is 4.48. The molecule has 2 aromatic rings. The van der Waals surface area contributed by atoms with Crippen molar-refractivity contribution in [3.8, 4) is 11.6 Å². The molecule has 0 N–H and O–H groups in total. The number of ether oxygens (including phenoxy) is 1. The number of hydrogen-bond donors (Lipinski definition) is 0. The molecule has 0 spiro atoms. The topological polar surface area (TPSA) is 47.4 Å². The normalized spacial score (nSPS) is 19.1. The van der Waals surface area contributed by atoms with Crippen molar-refractivity contribution in [2.75, 3.05) is 13.1 Å². The van der Waals surface area contributed by atoms with Crippen molar-refractivity contribution in [2.24, 2.45) is 5.92 Å². The predicted molar refractivity (Wildman–Crippen MR) is 93.4 cm³/mol. The molecule has 2 atom stereocenters. The van der Waals surface area contributed by atoms with E-state index in [2.05, 4.69) is 12.0 Å². The zero-order chi connectivity index (χ0) is 17.1. The molecule has 1 saturated heterocycles. The van der Waals surface area contributed by atoms with Gasteiger partial charge in [-0.1, -0.05) is 25.1 Å². The average molecular weight is 327 g/mol. The van der Waals surface area contributed by atoms with Gasteiger partial charge in [-0.3, -0.25) is 4.79 Å². The van der Waals surface area contributed by atoms with Gasteiger partial charge in [0.15, 0.2) is 6.10 Å². The Kier molecular flexibility index (Phi) is 4.88. The Morgan fingerprint density at radius 3 is 2.79 bits per heavy atom. The van der Waals surface area contributed by atoms with Gasteiger partial charge in [-0.15, -0.1) is 5.10 Å². The Morgan fingerprint density at radius 2 is 2.08 bits per heavy atom. The summed E-state index contributed by atoms with van der Waals surface area (Å²) in [7, 11) is 0. The van der Waals surface area contributed by atoms with Crippen LogP contribution in [0.25, 0.3) is 5.69 Å². The summed E-state index contributed by atoms with van der Waals surface area (Å²) in [6.07, 6.45) is 3.67. The Hall–Kier alpha value is -2.30. The molecule has 0 saturated carbocycles. The van der Waals surface area contributed by atoms with Crippen LogP contribution < -0.4 is 4.74 Å². The standard InChI is InChI=1S/C19H25N3O2/c1-14-8-7-11-21(12-14)19(23)16(3)24-18-15(2)13-22(20-18)17-9-5-4-6-10-17/h4-6,9-10,13-14,16H,7-8,11-12H2,1-3H3/t14-,16+/m1/s1. The van der Waals surface area contributed by atoms with Crippen molar-refractivity contribution >= 4 is 5.91 Å². The molecule has 1 amide bonds. The van der Waals surface area contributed by atoms with E-state index in [1.807, 2.05) is 55.3 Å². The summed E-state index contributed by atoms with van der Waals surface area (Å²) in [6.45, 7) is 7.60. The van der Waals surface area contributed by atoms with Gasteiger partial charge in [0, 0.05) is 24.8 Å².